The second-order valence-electron chi connectivity index (χ2n) is 9.14. The van der Waals surface area contributed by atoms with E-state index in [9.17, 15) is 5.26 Å². The van der Waals surface area contributed by atoms with E-state index in [0.29, 0.717) is 42.5 Å². The van der Waals surface area contributed by atoms with Crippen LogP contribution in [-0.4, -0.2) is 16.6 Å². The van der Waals surface area contributed by atoms with Crippen LogP contribution >= 0.6 is 0 Å². The quantitative estimate of drug-likeness (QED) is 0.166. The average molecular weight is 500 g/mol. The number of H-pyrrole nitrogens is 1. The number of rotatable bonds is 9. The third kappa shape index (κ3) is 5.16. The maximum atomic E-state index is 9.97. The maximum Gasteiger partial charge on any atom is 0.165 e. The predicted octanol–water partition coefficient (Wildman–Crippen LogP) is 7.79. The van der Waals surface area contributed by atoms with E-state index in [1.165, 1.54) is 5.39 Å². The van der Waals surface area contributed by atoms with Crippen molar-refractivity contribution in [2.75, 3.05) is 6.61 Å². The van der Waals surface area contributed by atoms with Crippen molar-refractivity contribution in [2.45, 2.75) is 26.9 Å². The molecule has 0 atom stereocenters. The zero-order valence-electron chi connectivity index (χ0n) is 21.6. The first-order chi connectivity index (χ1) is 18.6. The smallest absolute Gasteiger partial charge is 0.165 e. The summed E-state index contributed by atoms with van der Waals surface area (Å²) in [4.78, 5) is 7.90. The Morgan fingerprint density at radius 1 is 1.03 bits per heavy atom. The molecule has 1 aromatic heterocycles. The summed E-state index contributed by atoms with van der Waals surface area (Å²) in [7, 11) is 0. The molecule has 0 saturated carbocycles. The first-order valence-electron chi connectivity index (χ1n) is 12.7. The highest BCUT2D eigenvalue weighted by molar-refractivity contribution is 5.91. The first-order valence-corrected chi connectivity index (χ1v) is 12.7. The number of aromatic nitrogens is 2. The lowest BCUT2D eigenvalue weighted by Gasteiger charge is -2.17. The second-order valence-corrected chi connectivity index (χ2v) is 9.14. The van der Waals surface area contributed by atoms with Gasteiger partial charge in [-0.15, -0.1) is 6.58 Å². The number of fused-ring (bicyclic) bond motifs is 2. The fourth-order valence-electron chi connectivity index (χ4n) is 4.64. The van der Waals surface area contributed by atoms with Gasteiger partial charge in [-0.25, -0.2) is 4.98 Å². The monoisotopic (exact) mass is 499 g/mol. The van der Waals surface area contributed by atoms with Crippen LogP contribution in [0.1, 0.15) is 35.0 Å². The van der Waals surface area contributed by atoms with Gasteiger partial charge in [0, 0.05) is 5.56 Å². The van der Waals surface area contributed by atoms with Crippen molar-refractivity contribution in [2.24, 2.45) is 0 Å². The fourth-order valence-corrected chi connectivity index (χ4v) is 4.64. The van der Waals surface area contributed by atoms with E-state index >= 15 is 0 Å². The van der Waals surface area contributed by atoms with E-state index in [1.54, 1.807) is 0 Å². The SMILES string of the molecule is C=CCc1cc(/C=C(/C#N)c2nc3ccc(C)cc3[nH]2)cc(OCC)c1OCc1cccc2ccccc12. The van der Waals surface area contributed by atoms with Crippen LogP contribution in [0.5, 0.6) is 11.5 Å². The Hall–Kier alpha value is -4.82. The largest absolute Gasteiger partial charge is 0.490 e. The Morgan fingerprint density at radius 2 is 1.87 bits per heavy atom. The number of aromatic amines is 1. The lowest BCUT2D eigenvalue weighted by Crippen LogP contribution is -2.04. The van der Waals surface area contributed by atoms with Crippen molar-refractivity contribution in [1.29, 1.82) is 5.26 Å². The van der Waals surface area contributed by atoms with Gasteiger partial charge in [-0.1, -0.05) is 54.6 Å². The van der Waals surface area contributed by atoms with Gasteiger partial charge in [0.2, 0.25) is 0 Å². The number of nitrogens with one attached hydrogen (secondary N) is 1. The van der Waals surface area contributed by atoms with Crippen LogP contribution in [-0.2, 0) is 13.0 Å². The van der Waals surface area contributed by atoms with Crippen molar-refractivity contribution in [3.05, 3.63) is 114 Å². The number of ether oxygens (including phenoxy) is 2. The van der Waals surface area contributed by atoms with Crippen molar-refractivity contribution < 1.29 is 9.47 Å². The van der Waals surface area contributed by atoms with Gasteiger partial charge in [0.1, 0.15) is 18.5 Å². The van der Waals surface area contributed by atoms with Crippen molar-refractivity contribution >= 4 is 33.5 Å². The Balaban J connectivity index is 1.52. The van der Waals surface area contributed by atoms with Crippen LogP contribution in [0.3, 0.4) is 0 Å². The van der Waals surface area contributed by atoms with Crippen LogP contribution in [0.2, 0.25) is 0 Å². The van der Waals surface area contributed by atoms with E-state index in [-0.39, 0.29) is 0 Å². The Kier molecular flexibility index (Phi) is 7.24. The van der Waals surface area contributed by atoms with Crippen LogP contribution in [0.4, 0.5) is 0 Å². The maximum absolute atomic E-state index is 9.97. The minimum atomic E-state index is 0.405. The second kappa shape index (κ2) is 11.1. The van der Waals surface area contributed by atoms with Gasteiger partial charge in [-0.3, -0.25) is 0 Å². The van der Waals surface area contributed by atoms with E-state index in [4.69, 9.17) is 9.47 Å². The Morgan fingerprint density at radius 3 is 2.68 bits per heavy atom. The van der Waals surface area contributed by atoms with Crippen LogP contribution in [0, 0.1) is 18.3 Å². The summed E-state index contributed by atoms with van der Waals surface area (Å²) in [6.45, 7) is 8.80. The molecule has 1 heterocycles. The third-order valence-corrected chi connectivity index (χ3v) is 6.39. The molecule has 0 unspecified atom stereocenters. The molecule has 0 radical (unpaired) electrons. The van der Waals surface area contributed by atoms with Gasteiger partial charge >= 0.3 is 0 Å². The minimum Gasteiger partial charge on any atom is -0.490 e. The molecule has 0 saturated heterocycles. The molecule has 0 fully saturated rings. The van der Waals surface area contributed by atoms with Crippen LogP contribution < -0.4 is 9.47 Å². The first kappa shape index (κ1) is 24.9. The van der Waals surface area contributed by atoms with E-state index < -0.39 is 0 Å². The molecule has 188 valence electrons. The van der Waals surface area contributed by atoms with Gasteiger partial charge in [0.05, 0.1) is 23.2 Å². The molecule has 0 bridgehead atoms. The normalized spacial score (nSPS) is 11.4. The summed E-state index contributed by atoms with van der Waals surface area (Å²) in [5, 5.41) is 12.3. The van der Waals surface area contributed by atoms with E-state index in [1.807, 2.05) is 74.5 Å². The molecule has 0 aliphatic rings. The lowest BCUT2D eigenvalue weighted by atomic mass is 10.0. The zero-order valence-corrected chi connectivity index (χ0v) is 21.6. The van der Waals surface area contributed by atoms with E-state index in [2.05, 4.69) is 46.9 Å². The molecule has 38 heavy (non-hydrogen) atoms. The minimum absolute atomic E-state index is 0.405. The molecular formula is C33H29N3O2. The summed E-state index contributed by atoms with van der Waals surface area (Å²) in [5.41, 5.74) is 6.17. The molecule has 5 aromatic rings. The number of allylic oxidation sites excluding steroid dienone is 2. The molecule has 0 aliphatic heterocycles. The van der Waals surface area contributed by atoms with Gasteiger partial charge < -0.3 is 14.5 Å². The van der Waals surface area contributed by atoms with Crippen molar-refractivity contribution in [3.8, 4) is 17.6 Å². The molecule has 1 N–H and O–H groups in total. The summed E-state index contributed by atoms with van der Waals surface area (Å²) in [6, 6.07) is 26.7. The van der Waals surface area contributed by atoms with Gasteiger partial charge in [0.25, 0.3) is 0 Å². The Labute approximate surface area is 222 Å². The number of imidazole rings is 1. The molecule has 4 aromatic carbocycles. The average Bonchev–Trinajstić information content (AvgIpc) is 3.34. The molecule has 5 nitrogen and oxygen atoms in total. The highest BCUT2D eigenvalue weighted by Gasteiger charge is 2.15. The van der Waals surface area contributed by atoms with Gasteiger partial charge in [-0.2, -0.15) is 5.26 Å². The van der Waals surface area contributed by atoms with Gasteiger partial charge in [0.15, 0.2) is 11.5 Å². The molecular weight excluding hydrogens is 470 g/mol. The molecule has 0 spiro atoms. The summed E-state index contributed by atoms with van der Waals surface area (Å²) >= 11 is 0. The molecule has 0 aliphatic carbocycles. The van der Waals surface area contributed by atoms with Crippen LogP contribution in [0.25, 0.3) is 33.5 Å². The predicted molar refractivity (Wildman–Crippen MR) is 154 cm³/mol. The summed E-state index contributed by atoms with van der Waals surface area (Å²) in [5.74, 6) is 1.86. The summed E-state index contributed by atoms with van der Waals surface area (Å²) < 4.78 is 12.4. The highest BCUT2D eigenvalue weighted by atomic mass is 16.5. The standard InChI is InChI=1S/C33H29N3O2/c1-4-9-25-17-23(18-27(20-34)33-35-29-15-14-22(3)16-30(29)36-33)19-31(37-5-2)32(25)38-21-26-12-8-11-24-10-6-7-13-28(24)26/h4,6-8,10-19H,1,5,9,21H2,2-3H3,(H,35,36)/b27-18-. The number of hydrogen-bond acceptors (Lipinski definition) is 4. The highest BCUT2D eigenvalue weighted by Crippen LogP contribution is 2.36. The number of benzene rings is 4. The number of nitriles is 1. The van der Waals surface area contributed by atoms with Crippen LogP contribution in [0.15, 0.2) is 85.5 Å². The van der Waals surface area contributed by atoms with Crippen molar-refractivity contribution in [1.82, 2.24) is 9.97 Å². The van der Waals surface area contributed by atoms with E-state index in [0.717, 1.165) is 38.7 Å². The lowest BCUT2D eigenvalue weighted by molar-refractivity contribution is 0.268. The number of aryl methyl sites for hydroxylation is 1. The third-order valence-electron chi connectivity index (χ3n) is 6.39. The van der Waals surface area contributed by atoms with Crippen molar-refractivity contribution in [3.63, 3.8) is 0 Å². The molecule has 0 amide bonds. The Bertz CT molecular complexity index is 1700. The molecule has 5 heteroatoms. The fraction of sp³-hybridized carbons (Fsp3) is 0.152. The summed E-state index contributed by atoms with van der Waals surface area (Å²) in [6.07, 6.45) is 4.27. The topological polar surface area (TPSA) is 70.9 Å². The number of nitrogens with zero attached hydrogens (tertiary/aromatic N) is 2. The van der Waals surface area contributed by atoms with Gasteiger partial charge in [-0.05, 0) is 78.1 Å². The molecule has 5 rings (SSSR count). The number of hydrogen-bond donors (Lipinski definition) is 1. The zero-order chi connectivity index (χ0) is 26.5.